The molecule has 0 bridgehead atoms. The van der Waals surface area contributed by atoms with Crippen LogP contribution < -0.4 is 0 Å². The predicted octanol–water partition coefficient (Wildman–Crippen LogP) is 4.52. The van der Waals surface area contributed by atoms with Crippen LogP contribution in [-0.4, -0.2) is 11.3 Å². The third-order valence-corrected chi connectivity index (χ3v) is 3.23. The molecular formula is C15H14BrNO. The highest BCUT2D eigenvalue weighted by atomic mass is 79.9. The topological polar surface area (TPSA) is 32.6 Å². The molecular weight excluding hydrogens is 290 g/mol. The van der Waals surface area contributed by atoms with Gasteiger partial charge in [0.15, 0.2) is 0 Å². The fourth-order valence-corrected chi connectivity index (χ4v) is 2.22. The minimum absolute atomic E-state index is 0.219. The van der Waals surface area contributed by atoms with Crippen molar-refractivity contribution in [1.82, 2.24) is 0 Å². The van der Waals surface area contributed by atoms with Gasteiger partial charge in [0.25, 0.3) is 0 Å². The van der Waals surface area contributed by atoms with Crippen LogP contribution >= 0.6 is 15.9 Å². The van der Waals surface area contributed by atoms with Crippen LogP contribution in [0.5, 0.6) is 5.75 Å². The number of aliphatic imine (C=N–C) groups is 1. The van der Waals surface area contributed by atoms with Crippen molar-refractivity contribution in [1.29, 1.82) is 0 Å². The smallest absolute Gasteiger partial charge is 0.138 e. The van der Waals surface area contributed by atoms with E-state index in [4.69, 9.17) is 0 Å². The van der Waals surface area contributed by atoms with E-state index in [1.165, 1.54) is 5.56 Å². The molecule has 0 heterocycles. The molecule has 2 aromatic rings. The van der Waals surface area contributed by atoms with Gasteiger partial charge in [-0.15, -0.1) is 0 Å². The molecule has 0 unspecified atom stereocenters. The number of rotatable bonds is 2. The molecule has 0 fully saturated rings. The Morgan fingerprint density at radius 1 is 1.06 bits per heavy atom. The van der Waals surface area contributed by atoms with Gasteiger partial charge in [0.2, 0.25) is 0 Å². The van der Waals surface area contributed by atoms with E-state index in [0.29, 0.717) is 10.0 Å². The van der Waals surface area contributed by atoms with E-state index >= 15 is 0 Å². The average molecular weight is 304 g/mol. The van der Waals surface area contributed by atoms with Gasteiger partial charge in [0.1, 0.15) is 5.75 Å². The van der Waals surface area contributed by atoms with Crippen molar-refractivity contribution in [3.63, 3.8) is 0 Å². The third-order valence-electron chi connectivity index (χ3n) is 2.62. The fraction of sp³-hybridized carbons (Fsp3) is 0.133. The van der Waals surface area contributed by atoms with Crippen molar-refractivity contribution in [3.8, 4) is 5.75 Å². The number of benzene rings is 2. The first-order chi connectivity index (χ1) is 8.56. The second-order valence-corrected chi connectivity index (χ2v) is 5.13. The maximum atomic E-state index is 9.91. The van der Waals surface area contributed by atoms with Crippen molar-refractivity contribution in [2.24, 2.45) is 4.99 Å². The summed E-state index contributed by atoms with van der Waals surface area (Å²) in [6, 6.07) is 11.7. The molecule has 0 aliphatic rings. The molecule has 0 aliphatic carbocycles. The quantitative estimate of drug-likeness (QED) is 0.813. The lowest BCUT2D eigenvalue weighted by molar-refractivity contribution is 0.471. The molecule has 0 aromatic heterocycles. The Morgan fingerprint density at radius 2 is 1.72 bits per heavy atom. The second-order valence-electron chi connectivity index (χ2n) is 4.28. The molecule has 0 amide bonds. The van der Waals surface area contributed by atoms with E-state index in [1.54, 1.807) is 6.21 Å². The summed E-state index contributed by atoms with van der Waals surface area (Å²) < 4.78 is 0.688. The van der Waals surface area contributed by atoms with E-state index < -0.39 is 0 Å². The van der Waals surface area contributed by atoms with Crippen molar-refractivity contribution < 1.29 is 5.11 Å². The van der Waals surface area contributed by atoms with E-state index in [0.717, 1.165) is 11.3 Å². The lowest BCUT2D eigenvalue weighted by Gasteiger charge is -2.03. The van der Waals surface area contributed by atoms with Gasteiger partial charge in [-0.25, -0.2) is 0 Å². The Bertz CT molecular complexity index is 588. The molecule has 2 aromatic carbocycles. The molecule has 3 heteroatoms. The van der Waals surface area contributed by atoms with Crippen LogP contribution in [0.15, 0.2) is 45.9 Å². The Hall–Kier alpha value is -1.61. The summed E-state index contributed by atoms with van der Waals surface area (Å²) in [7, 11) is 0. The maximum absolute atomic E-state index is 9.91. The van der Waals surface area contributed by atoms with E-state index in [1.807, 2.05) is 50.2 Å². The van der Waals surface area contributed by atoms with Gasteiger partial charge in [-0.05, 0) is 59.6 Å². The molecule has 2 nitrogen and oxygen atoms in total. The Morgan fingerprint density at radius 3 is 2.39 bits per heavy atom. The highest BCUT2D eigenvalue weighted by Gasteiger charge is 2.04. The molecule has 0 radical (unpaired) electrons. The first-order valence-electron chi connectivity index (χ1n) is 5.66. The number of hydrogen-bond acceptors (Lipinski definition) is 2. The largest absolute Gasteiger partial charge is 0.506 e. The summed E-state index contributed by atoms with van der Waals surface area (Å²) in [5.74, 6) is 0.219. The number of aromatic hydroxyl groups is 1. The maximum Gasteiger partial charge on any atom is 0.138 e. The van der Waals surface area contributed by atoms with Crippen molar-refractivity contribution >= 4 is 27.8 Å². The second kappa shape index (κ2) is 5.36. The Labute approximate surface area is 115 Å². The zero-order valence-electron chi connectivity index (χ0n) is 10.3. The van der Waals surface area contributed by atoms with Crippen LogP contribution in [0.25, 0.3) is 0 Å². The monoisotopic (exact) mass is 303 g/mol. The molecule has 18 heavy (non-hydrogen) atoms. The summed E-state index contributed by atoms with van der Waals surface area (Å²) in [4.78, 5) is 4.35. The molecule has 0 saturated heterocycles. The van der Waals surface area contributed by atoms with Crippen LogP contribution in [0, 0.1) is 13.8 Å². The number of nitrogens with zero attached hydrogens (tertiary/aromatic N) is 1. The Kier molecular flexibility index (Phi) is 3.82. The van der Waals surface area contributed by atoms with Crippen molar-refractivity contribution in [3.05, 3.63) is 57.6 Å². The zero-order chi connectivity index (χ0) is 13.1. The van der Waals surface area contributed by atoms with Gasteiger partial charge in [-0.3, -0.25) is 4.99 Å². The van der Waals surface area contributed by atoms with Gasteiger partial charge >= 0.3 is 0 Å². The molecule has 0 saturated carbocycles. The number of phenolic OH excluding ortho intramolecular Hbond substituents is 1. The Balaban J connectivity index is 2.31. The van der Waals surface area contributed by atoms with Gasteiger partial charge in [0, 0.05) is 11.8 Å². The van der Waals surface area contributed by atoms with Crippen molar-refractivity contribution in [2.75, 3.05) is 0 Å². The molecule has 92 valence electrons. The van der Waals surface area contributed by atoms with Crippen LogP contribution in [0.1, 0.15) is 16.7 Å². The van der Waals surface area contributed by atoms with Crippen LogP contribution in [-0.2, 0) is 0 Å². The predicted molar refractivity (Wildman–Crippen MR) is 79.0 cm³/mol. The summed E-state index contributed by atoms with van der Waals surface area (Å²) in [6.07, 6.45) is 1.68. The minimum atomic E-state index is 0.219. The summed E-state index contributed by atoms with van der Waals surface area (Å²) >= 11 is 3.32. The van der Waals surface area contributed by atoms with Gasteiger partial charge in [-0.2, -0.15) is 0 Å². The number of aryl methyl sites for hydroxylation is 2. The lowest BCUT2D eigenvalue weighted by atomic mass is 10.1. The summed E-state index contributed by atoms with van der Waals surface area (Å²) in [5.41, 5.74) is 3.86. The van der Waals surface area contributed by atoms with Crippen LogP contribution in [0.2, 0.25) is 0 Å². The number of halogens is 1. The van der Waals surface area contributed by atoms with E-state index in [2.05, 4.69) is 20.9 Å². The van der Waals surface area contributed by atoms with Gasteiger partial charge in [-0.1, -0.05) is 17.7 Å². The van der Waals surface area contributed by atoms with Gasteiger partial charge in [0.05, 0.1) is 10.2 Å². The number of phenols is 1. The summed E-state index contributed by atoms with van der Waals surface area (Å²) in [5, 5.41) is 9.91. The number of hydrogen-bond donors (Lipinski definition) is 1. The zero-order valence-corrected chi connectivity index (χ0v) is 11.9. The third kappa shape index (κ3) is 2.99. The minimum Gasteiger partial charge on any atom is -0.506 e. The molecule has 0 aliphatic heterocycles. The molecule has 0 spiro atoms. The van der Waals surface area contributed by atoms with Crippen LogP contribution in [0.3, 0.4) is 0 Å². The highest BCUT2D eigenvalue weighted by molar-refractivity contribution is 9.10. The van der Waals surface area contributed by atoms with Crippen LogP contribution in [0.4, 0.5) is 5.69 Å². The molecule has 0 atom stereocenters. The average Bonchev–Trinajstić information content (AvgIpc) is 2.34. The van der Waals surface area contributed by atoms with Crippen molar-refractivity contribution in [2.45, 2.75) is 13.8 Å². The lowest BCUT2D eigenvalue weighted by Crippen LogP contribution is -1.85. The van der Waals surface area contributed by atoms with Gasteiger partial charge < -0.3 is 5.11 Å². The first-order valence-corrected chi connectivity index (χ1v) is 6.45. The standard InChI is InChI=1S/C15H14BrNO/c1-10-3-5-13(6-4-10)17-9-12-7-11(2)8-14(16)15(12)18/h3-9,18H,1-2H3. The molecule has 2 rings (SSSR count). The first kappa shape index (κ1) is 12.8. The fourth-order valence-electron chi connectivity index (χ4n) is 1.63. The SMILES string of the molecule is Cc1ccc(N=Cc2cc(C)cc(Br)c2O)cc1. The molecule has 1 N–H and O–H groups in total. The van der Waals surface area contributed by atoms with E-state index in [9.17, 15) is 5.11 Å². The summed E-state index contributed by atoms with van der Waals surface area (Å²) in [6.45, 7) is 4.02. The van der Waals surface area contributed by atoms with E-state index in [-0.39, 0.29) is 5.75 Å². The normalized spacial score (nSPS) is 11.1. The highest BCUT2D eigenvalue weighted by Crippen LogP contribution is 2.28.